The van der Waals surface area contributed by atoms with Crippen molar-refractivity contribution in [2.75, 3.05) is 31.8 Å². The van der Waals surface area contributed by atoms with E-state index in [2.05, 4.69) is 27.1 Å². The molecule has 1 aromatic heterocycles. The fraction of sp³-hybridized carbons (Fsp3) is 0.500. The van der Waals surface area contributed by atoms with Crippen LogP contribution < -0.4 is 11.1 Å². The second-order valence-corrected chi connectivity index (χ2v) is 7.18. The Bertz CT molecular complexity index is 764. The number of rotatable bonds is 9. The van der Waals surface area contributed by atoms with Crippen molar-refractivity contribution in [2.45, 2.75) is 45.7 Å². The van der Waals surface area contributed by atoms with Crippen LogP contribution in [-0.4, -0.2) is 51.8 Å². The summed E-state index contributed by atoms with van der Waals surface area (Å²) in [5.41, 5.74) is 9.31. The average Bonchev–Trinajstić information content (AvgIpc) is 2.58. The van der Waals surface area contributed by atoms with Gasteiger partial charge < -0.3 is 26.2 Å². The van der Waals surface area contributed by atoms with Crippen molar-refractivity contribution < 1.29 is 10.2 Å². The van der Waals surface area contributed by atoms with Crippen molar-refractivity contribution in [2.24, 2.45) is 0 Å². The van der Waals surface area contributed by atoms with Gasteiger partial charge in [0.25, 0.3) is 0 Å². The summed E-state index contributed by atoms with van der Waals surface area (Å²) in [7, 11) is 3.98. The molecule has 0 radical (unpaired) electrons. The number of aryl methyl sites for hydroxylation is 1. The lowest BCUT2D eigenvalue weighted by atomic mass is 10.0. The standard InChI is InChI=1S/C20H31N5O2/c1-5-6-16(12-26)23-19-17(13(2)22-20(21)24-19)10-15-8-7-14(9-18(15)27)11-25(3)4/h7-9,16,26-27H,5-6,10-12H2,1-4H3,(H3,21,22,23,24)/t16-/m0/s1. The van der Waals surface area contributed by atoms with Crippen LogP contribution in [0.5, 0.6) is 5.75 Å². The van der Waals surface area contributed by atoms with Crippen LogP contribution in [0.15, 0.2) is 18.2 Å². The molecule has 1 heterocycles. The topological polar surface area (TPSA) is 108 Å². The summed E-state index contributed by atoms with van der Waals surface area (Å²) in [5, 5.41) is 23.4. The summed E-state index contributed by atoms with van der Waals surface area (Å²) >= 11 is 0. The number of hydrogen-bond acceptors (Lipinski definition) is 7. The number of hydrogen-bond donors (Lipinski definition) is 4. The highest BCUT2D eigenvalue weighted by molar-refractivity contribution is 5.53. The Morgan fingerprint density at radius 3 is 2.59 bits per heavy atom. The minimum Gasteiger partial charge on any atom is -0.508 e. The molecule has 27 heavy (non-hydrogen) atoms. The number of aromatic hydroxyl groups is 1. The van der Waals surface area contributed by atoms with E-state index in [0.717, 1.165) is 41.8 Å². The number of anilines is 2. The smallest absolute Gasteiger partial charge is 0.222 e. The molecule has 1 atom stereocenters. The van der Waals surface area contributed by atoms with Crippen molar-refractivity contribution >= 4 is 11.8 Å². The first-order chi connectivity index (χ1) is 12.8. The minimum absolute atomic E-state index is 0.0146. The first-order valence-electron chi connectivity index (χ1n) is 9.29. The van der Waals surface area contributed by atoms with Crippen LogP contribution in [0.1, 0.15) is 42.1 Å². The molecule has 1 aromatic carbocycles. The van der Waals surface area contributed by atoms with E-state index in [1.807, 2.05) is 33.2 Å². The van der Waals surface area contributed by atoms with Gasteiger partial charge in [-0.1, -0.05) is 25.5 Å². The number of nitrogens with two attached hydrogens (primary N) is 1. The quantitative estimate of drug-likeness (QED) is 0.534. The molecule has 7 nitrogen and oxygen atoms in total. The Balaban J connectivity index is 2.32. The predicted molar refractivity (Wildman–Crippen MR) is 109 cm³/mol. The number of nitrogen functional groups attached to an aromatic ring is 1. The maximum absolute atomic E-state index is 10.5. The lowest BCUT2D eigenvalue weighted by Gasteiger charge is -2.20. The molecule has 0 bridgehead atoms. The number of nitrogens with one attached hydrogen (secondary N) is 1. The van der Waals surface area contributed by atoms with E-state index >= 15 is 0 Å². The highest BCUT2D eigenvalue weighted by Gasteiger charge is 2.16. The number of aliphatic hydroxyl groups excluding tert-OH is 1. The van der Waals surface area contributed by atoms with E-state index < -0.39 is 0 Å². The first kappa shape index (κ1) is 20.9. The fourth-order valence-electron chi connectivity index (χ4n) is 3.11. The summed E-state index contributed by atoms with van der Waals surface area (Å²) in [6, 6.07) is 5.65. The number of phenols is 1. The third-order valence-corrected chi connectivity index (χ3v) is 4.45. The number of benzene rings is 1. The number of nitrogens with zero attached hydrogens (tertiary/aromatic N) is 3. The van der Waals surface area contributed by atoms with Crippen LogP contribution in [-0.2, 0) is 13.0 Å². The lowest BCUT2D eigenvalue weighted by molar-refractivity contribution is 0.268. The Morgan fingerprint density at radius 1 is 1.26 bits per heavy atom. The molecule has 0 unspecified atom stereocenters. The largest absolute Gasteiger partial charge is 0.508 e. The first-order valence-corrected chi connectivity index (χ1v) is 9.29. The van der Waals surface area contributed by atoms with Crippen LogP contribution in [0.2, 0.25) is 0 Å². The van der Waals surface area contributed by atoms with Gasteiger partial charge in [-0.15, -0.1) is 0 Å². The molecule has 0 aliphatic heterocycles. The summed E-state index contributed by atoms with van der Waals surface area (Å²) in [6.07, 6.45) is 2.25. The third kappa shape index (κ3) is 5.80. The van der Waals surface area contributed by atoms with Gasteiger partial charge >= 0.3 is 0 Å². The molecule has 5 N–H and O–H groups in total. The van der Waals surface area contributed by atoms with E-state index in [9.17, 15) is 10.2 Å². The third-order valence-electron chi connectivity index (χ3n) is 4.45. The van der Waals surface area contributed by atoms with Gasteiger partial charge in [0, 0.05) is 24.2 Å². The van der Waals surface area contributed by atoms with Gasteiger partial charge in [-0.2, -0.15) is 4.98 Å². The summed E-state index contributed by atoms with van der Waals surface area (Å²) < 4.78 is 0. The highest BCUT2D eigenvalue weighted by Crippen LogP contribution is 2.27. The second-order valence-electron chi connectivity index (χ2n) is 7.18. The zero-order chi connectivity index (χ0) is 20.0. The Morgan fingerprint density at radius 2 is 2.00 bits per heavy atom. The van der Waals surface area contributed by atoms with Gasteiger partial charge in [0.2, 0.25) is 5.95 Å². The Kier molecular flexibility index (Phi) is 7.38. The van der Waals surface area contributed by atoms with Crippen molar-refractivity contribution in [3.05, 3.63) is 40.6 Å². The van der Waals surface area contributed by atoms with Crippen LogP contribution >= 0.6 is 0 Å². The van der Waals surface area contributed by atoms with Gasteiger partial charge in [0.15, 0.2) is 0 Å². The molecule has 0 aliphatic carbocycles. The van der Waals surface area contributed by atoms with Gasteiger partial charge in [-0.05, 0) is 44.6 Å². The molecule has 148 valence electrons. The van der Waals surface area contributed by atoms with Gasteiger partial charge in [-0.3, -0.25) is 0 Å². The maximum Gasteiger partial charge on any atom is 0.222 e. The normalized spacial score (nSPS) is 12.4. The van der Waals surface area contributed by atoms with E-state index in [4.69, 9.17) is 5.73 Å². The molecule has 0 saturated heterocycles. The minimum atomic E-state index is -0.0986. The summed E-state index contributed by atoms with van der Waals surface area (Å²) in [4.78, 5) is 10.7. The maximum atomic E-state index is 10.5. The van der Waals surface area contributed by atoms with Crippen molar-refractivity contribution in [3.63, 3.8) is 0 Å². The monoisotopic (exact) mass is 373 g/mol. The Labute approximate surface area is 161 Å². The van der Waals surface area contributed by atoms with E-state index in [0.29, 0.717) is 12.2 Å². The van der Waals surface area contributed by atoms with Crippen LogP contribution in [0.3, 0.4) is 0 Å². The summed E-state index contributed by atoms with van der Waals surface area (Å²) in [5.74, 6) is 1.06. The number of aromatic nitrogens is 2. The lowest BCUT2D eigenvalue weighted by Crippen LogP contribution is -2.25. The number of phenolic OH excluding ortho intramolecular Hbond substituents is 1. The van der Waals surface area contributed by atoms with Gasteiger partial charge in [0.05, 0.1) is 12.6 Å². The SMILES string of the molecule is CCC[C@@H](CO)Nc1nc(N)nc(C)c1Cc1ccc(CN(C)C)cc1O. The van der Waals surface area contributed by atoms with E-state index in [1.54, 1.807) is 6.07 Å². The van der Waals surface area contributed by atoms with Gasteiger partial charge in [-0.25, -0.2) is 4.98 Å². The van der Waals surface area contributed by atoms with Crippen LogP contribution in [0.25, 0.3) is 0 Å². The molecule has 2 aromatic rings. The molecule has 0 amide bonds. The van der Waals surface area contributed by atoms with Crippen molar-refractivity contribution in [3.8, 4) is 5.75 Å². The van der Waals surface area contributed by atoms with Crippen LogP contribution in [0, 0.1) is 6.92 Å². The molecule has 0 spiro atoms. The zero-order valence-electron chi connectivity index (χ0n) is 16.7. The van der Waals surface area contributed by atoms with Crippen molar-refractivity contribution in [1.82, 2.24) is 14.9 Å². The molecule has 0 fully saturated rings. The zero-order valence-corrected chi connectivity index (χ0v) is 16.7. The van der Waals surface area contributed by atoms with Gasteiger partial charge in [0.1, 0.15) is 11.6 Å². The molecule has 0 aliphatic rings. The number of aliphatic hydroxyl groups is 1. The van der Waals surface area contributed by atoms with E-state index in [-0.39, 0.29) is 24.3 Å². The Hall–Kier alpha value is -2.38. The second kappa shape index (κ2) is 9.53. The molecular weight excluding hydrogens is 342 g/mol. The average molecular weight is 374 g/mol. The van der Waals surface area contributed by atoms with E-state index in [1.165, 1.54) is 0 Å². The van der Waals surface area contributed by atoms with Crippen molar-refractivity contribution in [1.29, 1.82) is 0 Å². The molecule has 2 rings (SSSR count). The van der Waals surface area contributed by atoms with Crippen LogP contribution in [0.4, 0.5) is 11.8 Å². The predicted octanol–water partition coefficient (Wildman–Crippen LogP) is 2.30. The fourth-order valence-corrected chi connectivity index (χ4v) is 3.11. The molecule has 7 heteroatoms. The summed E-state index contributed by atoms with van der Waals surface area (Å²) in [6.45, 7) is 4.72. The highest BCUT2D eigenvalue weighted by atomic mass is 16.3. The molecule has 0 saturated carbocycles. The molecular formula is C20H31N5O2.